The van der Waals surface area contributed by atoms with Crippen molar-refractivity contribution in [1.82, 2.24) is 9.88 Å². The summed E-state index contributed by atoms with van der Waals surface area (Å²) in [5.74, 6) is 1.43. The molecule has 0 N–H and O–H groups in total. The molecule has 0 spiro atoms. The Morgan fingerprint density at radius 1 is 1.02 bits per heavy atom. The van der Waals surface area contributed by atoms with E-state index in [1.807, 2.05) is 95.0 Å². The molecule has 8 heteroatoms. The molecule has 2 aliphatic heterocycles. The van der Waals surface area contributed by atoms with Gasteiger partial charge >= 0.3 is 5.97 Å². The van der Waals surface area contributed by atoms with Gasteiger partial charge in [-0.05, 0) is 108 Å². The van der Waals surface area contributed by atoms with E-state index in [1.54, 1.807) is 0 Å². The van der Waals surface area contributed by atoms with E-state index in [0.717, 1.165) is 60.1 Å². The third kappa shape index (κ3) is 7.01. The molecule has 1 atom stereocenters. The number of benzene rings is 2. The molecule has 3 heterocycles. The summed E-state index contributed by atoms with van der Waals surface area (Å²) in [7, 11) is 0. The highest BCUT2D eigenvalue weighted by atomic mass is 16.7. The first kappa shape index (κ1) is 31.9. The maximum absolute atomic E-state index is 13.9. The first-order valence-corrected chi connectivity index (χ1v) is 16.6. The van der Waals surface area contributed by atoms with Gasteiger partial charge in [-0.2, -0.15) is 0 Å². The number of fused-ring (bicyclic) bond motifs is 2. The molecule has 1 saturated carbocycles. The number of pyridine rings is 1. The zero-order chi connectivity index (χ0) is 32.6. The minimum absolute atomic E-state index is 0.0297. The molecule has 1 unspecified atom stereocenters. The fourth-order valence-corrected chi connectivity index (χ4v) is 7.04. The van der Waals surface area contributed by atoms with Crippen LogP contribution in [0.5, 0.6) is 17.4 Å². The molecule has 1 amide bonds. The predicted octanol–water partition coefficient (Wildman–Crippen LogP) is 7.50. The fourth-order valence-electron chi connectivity index (χ4n) is 7.04. The highest BCUT2D eigenvalue weighted by Crippen LogP contribution is 2.48. The Kier molecular flexibility index (Phi) is 8.75. The zero-order valence-corrected chi connectivity index (χ0v) is 28.0. The number of esters is 1. The van der Waals surface area contributed by atoms with Crippen LogP contribution in [-0.2, 0) is 29.1 Å². The van der Waals surface area contributed by atoms with Gasteiger partial charge in [-0.15, -0.1) is 0 Å². The van der Waals surface area contributed by atoms with Crippen molar-refractivity contribution in [2.75, 3.05) is 6.54 Å². The summed E-state index contributed by atoms with van der Waals surface area (Å²) in [5, 5.41) is 0. The van der Waals surface area contributed by atoms with Gasteiger partial charge in [0.2, 0.25) is 5.88 Å². The Morgan fingerprint density at radius 2 is 1.72 bits per heavy atom. The molecule has 0 bridgehead atoms. The second-order valence-corrected chi connectivity index (χ2v) is 14.3. The van der Waals surface area contributed by atoms with Crippen LogP contribution in [0.2, 0.25) is 0 Å². The van der Waals surface area contributed by atoms with Crippen LogP contribution < -0.4 is 14.2 Å². The molecule has 0 saturated heterocycles. The van der Waals surface area contributed by atoms with Gasteiger partial charge in [-0.25, -0.2) is 4.98 Å². The normalized spacial score (nSPS) is 22.4. The van der Waals surface area contributed by atoms with Crippen molar-refractivity contribution in [2.45, 2.75) is 105 Å². The second kappa shape index (κ2) is 12.6. The van der Waals surface area contributed by atoms with Crippen LogP contribution >= 0.6 is 0 Å². The molecular formula is C38H46N2O6. The first-order chi connectivity index (χ1) is 21.9. The molecule has 46 heavy (non-hydrogen) atoms. The number of carbonyl (C=O) groups is 2. The molecule has 6 rings (SSSR count). The molecule has 1 aliphatic carbocycles. The van der Waals surface area contributed by atoms with Gasteiger partial charge in [0.25, 0.3) is 11.7 Å². The topological polar surface area (TPSA) is 87.2 Å². The molecule has 1 fully saturated rings. The number of aromatic nitrogens is 1. The molecule has 1 aromatic heterocycles. The van der Waals surface area contributed by atoms with Gasteiger partial charge < -0.3 is 23.8 Å². The molecule has 3 aromatic rings. The predicted molar refractivity (Wildman–Crippen MR) is 175 cm³/mol. The van der Waals surface area contributed by atoms with Gasteiger partial charge in [0.15, 0.2) is 11.5 Å². The standard InChI is InChI=1S/C38H46N2O6/c1-24-18-25(2)39-35(43-23-27-10-8-7-9-11-27)31(24)22-40-17-16-28-20-32-33(21-30(28)36(40)42)45-38(6,44-32)29-14-12-26(13-15-29)19-34(41)46-37(3,4)5/h7-11,18,20-21,26,29H,12-17,19,22-23H2,1-6H3. The summed E-state index contributed by atoms with van der Waals surface area (Å²) in [5.41, 5.74) is 5.09. The summed E-state index contributed by atoms with van der Waals surface area (Å²) in [6, 6.07) is 15.9. The van der Waals surface area contributed by atoms with Crippen molar-refractivity contribution in [3.63, 3.8) is 0 Å². The lowest BCUT2D eigenvalue weighted by Gasteiger charge is -2.37. The van der Waals surface area contributed by atoms with E-state index < -0.39 is 11.4 Å². The smallest absolute Gasteiger partial charge is 0.306 e. The largest absolute Gasteiger partial charge is 0.473 e. The molecule has 0 radical (unpaired) electrons. The third-order valence-corrected chi connectivity index (χ3v) is 9.43. The third-order valence-electron chi connectivity index (χ3n) is 9.43. The summed E-state index contributed by atoms with van der Waals surface area (Å²) in [6.45, 7) is 13.1. The lowest BCUT2D eigenvalue weighted by molar-refractivity contribution is -0.157. The van der Waals surface area contributed by atoms with Crippen LogP contribution in [0.15, 0.2) is 48.5 Å². The van der Waals surface area contributed by atoms with E-state index in [2.05, 4.69) is 0 Å². The molecule has 2 aromatic carbocycles. The van der Waals surface area contributed by atoms with Gasteiger partial charge in [0.05, 0.1) is 6.54 Å². The van der Waals surface area contributed by atoms with Crippen molar-refractivity contribution >= 4 is 11.9 Å². The maximum Gasteiger partial charge on any atom is 0.306 e. The van der Waals surface area contributed by atoms with Crippen LogP contribution in [0, 0.1) is 25.7 Å². The Balaban J connectivity index is 1.12. The quantitative estimate of drug-likeness (QED) is 0.239. The number of carbonyl (C=O) groups excluding carboxylic acids is 2. The van der Waals surface area contributed by atoms with E-state index in [4.69, 9.17) is 23.9 Å². The Hall–Kier alpha value is -4.07. The van der Waals surface area contributed by atoms with Crippen LogP contribution in [0.25, 0.3) is 0 Å². The maximum atomic E-state index is 13.9. The minimum Gasteiger partial charge on any atom is -0.473 e. The molecular weight excluding hydrogens is 580 g/mol. The molecule has 8 nitrogen and oxygen atoms in total. The van der Waals surface area contributed by atoms with Crippen molar-refractivity contribution in [3.05, 3.63) is 82.0 Å². The van der Waals surface area contributed by atoms with Gasteiger partial charge in [0, 0.05) is 42.6 Å². The van der Waals surface area contributed by atoms with Crippen LogP contribution in [0.1, 0.15) is 98.1 Å². The van der Waals surface area contributed by atoms with E-state index in [0.29, 0.717) is 55.0 Å². The highest BCUT2D eigenvalue weighted by molar-refractivity contribution is 5.97. The summed E-state index contributed by atoms with van der Waals surface area (Å²) >= 11 is 0. The van der Waals surface area contributed by atoms with Gasteiger partial charge in [-0.1, -0.05) is 30.3 Å². The highest BCUT2D eigenvalue weighted by Gasteiger charge is 2.46. The first-order valence-electron chi connectivity index (χ1n) is 16.6. The van der Waals surface area contributed by atoms with E-state index in [-0.39, 0.29) is 17.8 Å². The lowest BCUT2D eigenvalue weighted by Crippen LogP contribution is -2.44. The van der Waals surface area contributed by atoms with Crippen LogP contribution in [0.4, 0.5) is 0 Å². The number of ether oxygens (including phenoxy) is 4. The van der Waals surface area contributed by atoms with Crippen LogP contribution in [0.3, 0.4) is 0 Å². The fraction of sp³-hybridized carbons (Fsp3) is 0.500. The minimum atomic E-state index is -0.804. The SMILES string of the molecule is Cc1cc(C)c(CN2CCc3cc4c(cc3C2=O)OC(C)(C2CCC(CC(=O)OC(C)(C)C)CC2)O4)c(OCc2ccccc2)n1. The average Bonchev–Trinajstić information content (AvgIpc) is 3.33. The summed E-state index contributed by atoms with van der Waals surface area (Å²) in [4.78, 5) is 32.9. The molecule has 3 aliphatic rings. The van der Waals surface area contributed by atoms with Gasteiger partial charge in [-0.3, -0.25) is 9.59 Å². The number of hydrogen-bond acceptors (Lipinski definition) is 7. The Bertz CT molecular complexity index is 1610. The van der Waals surface area contributed by atoms with E-state index in [9.17, 15) is 9.59 Å². The number of amides is 1. The number of aryl methyl sites for hydroxylation is 2. The van der Waals surface area contributed by atoms with Crippen molar-refractivity contribution in [1.29, 1.82) is 0 Å². The van der Waals surface area contributed by atoms with Crippen molar-refractivity contribution < 1.29 is 28.5 Å². The second-order valence-electron chi connectivity index (χ2n) is 14.3. The lowest BCUT2D eigenvalue weighted by atomic mass is 9.77. The average molecular weight is 627 g/mol. The zero-order valence-electron chi connectivity index (χ0n) is 28.0. The monoisotopic (exact) mass is 626 g/mol. The number of hydrogen-bond donors (Lipinski definition) is 0. The summed E-state index contributed by atoms with van der Waals surface area (Å²) in [6.07, 6.45) is 4.84. The Labute approximate surface area is 272 Å². The molecule has 244 valence electrons. The number of rotatable bonds is 8. The summed E-state index contributed by atoms with van der Waals surface area (Å²) < 4.78 is 24.7. The number of nitrogens with zero attached hydrogens (tertiary/aromatic N) is 2. The van der Waals surface area contributed by atoms with Crippen molar-refractivity contribution in [2.24, 2.45) is 11.8 Å². The van der Waals surface area contributed by atoms with E-state index >= 15 is 0 Å². The van der Waals surface area contributed by atoms with E-state index in [1.165, 1.54) is 0 Å². The van der Waals surface area contributed by atoms with Crippen molar-refractivity contribution in [3.8, 4) is 17.4 Å². The van der Waals surface area contributed by atoms with Crippen LogP contribution in [-0.4, -0.2) is 39.7 Å². The Morgan fingerprint density at radius 3 is 2.41 bits per heavy atom. The van der Waals surface area contributed by atoms with Gasteiger partial charge in [0.1, 0.15) is 12.2 Å².